The van der Waals surface area contributed by atoms with Crippen molar-refractivity contribution in [2.75, 3.05) is 11.4 Å². The van der Waals surface area contributed by atoms with Crippen LogP contribution >= 0.6 is 0 Å². The number of imide groups is 1. The summed E-state index contributed by atoms with van der Waals surface area (Å²) in [6, 6.07) is 4.16. The second-order valence-corrected chi connectivity index (χ2v) is 6.03. The number of unbranched alkanes of at least 4 members (excludes halogenated alkanes) is 2. The molecular weight excluding hydrogens is 306 g/mol. The molecule has 1 atom stereocenters. The highest BCUT2D eigenvalue weighted by molar-refractivity contribution is 6.22. The molecule has 0 saturated carbocycles. The third-order valence-electron chi connectivity index (χ3n) is 4.17. The van der Waals surface area contributed by atoms with Gasteiger partial charge in [0.25, 0.3) is 11.8 Å². The monoisotopic (exact) mass is 331 g/mol. The number of hydrogen-bond acceptors (Lipinski definition) is 3. The third kappa shape index (κ3) is 3.75. The van der Waals surface area contributed by atoms with Gasteiger partial charge in [-0.15, -0.1) is 0 Å². The highest BCUT2D eigenvalue weighted by Gasteiger charge is 2.39. The van der Waals surface area contributed by atoms with E-state index in [9.17, 15) is 14.4 Å². The number of nitrogens with zero attached hydrogens (tertiary/aromatic N) is 1. The minimum Gasteiger partial charge on any atom is -0.352 e. The number of carbonyl (C=O) groups excluding carboxylic acids is 3. The Kier molecular flexibility index (Phi) is 5.95. The Balaban J connectivity index is 2.23. The Labute approximate surface area is 142 Å². The lowest BCUT2D eigenvalue weighted by Gasteiger charge is -2.17. The topological polar surface area (TPSA) is 78.5 Å². The number of aryl methyl sites for hydroxylation is 1. The number of rotatable bonds is 7. The number of amides is 4. The van der Waals surface area contributed by atoms with Gasteiger partial charge in [-0.2, -0.15) is 0 Å². The molecule has 6 nitrogen and oxygen atoms in total. The lowest BCUT2D eigenvalue weighted by atomic mass is 10.1. The number of carbonyl (C=O) groups is 3. The van der Waals surface area contributed by atoms with Gasteiger partial charge in [-0.05, 0) is 38.0 Å². The molecule has 1 fully saturated rings. The van der Waals surface area contributed by atoms with E-state index in [4.69, 9.17) is 0 Å². The van der Waals surface area contributed by atoms with E-state index in [1.807, 2.05) is 13.8 Å². The van der Waals surface area contributed by atoms with Gasteiger partial charge in [0.15, 0.2) is 0 Å². The highest BCUT2D eigenvalue weighted by Crippen LogP contribution is 2.26. The fourth-order valence-electron chi connectivity index (χ4n) is 2.81. The van der Waals surface area contributed by atoms with E-state index in [2.05, 4.69) is 17.6 Å². The van der Waals surface area contributed by atoms with Crippen LogP contribution in [0, 0.1) is 6.92 Å². The second-order valence-electron chi connectivity index (χ2n) is 6.03. The maximum Gasteiger partial charge on any atom is 0.329 e. The maximum atomic E-state index is 12.6. The molecule has 0 radical (unpaired) electrons. The first-order valence-electron chi connectivity index (χ1n) is 8.52. The zero-order chi connectivity index (χ0) is 17.7. The quantitative estimate of drug-likeness (QED) is 0.596. The van der Waals surface area contributed by atoms with Crippen molar-refractivity contribution in [2.45, 2.75) is 52.5 Å². The van der Waals surface area contributed by atoms with Gasteiger partial charge in [-0.25, -0.2) is 9.69 Å². The summed E-state index contributed by atoms with van der Waals surface area (Å²) in [5.74, 6) is -0.461. The molecule has 24 heavy (non-hydrogen) atoms. The second kappa shape index (κ2) is 7.95. The predicted octanol–water partition coefficient (Wildman–Crippen LogP) is 2.75. The molecule has 0 spiro atoms. The largest absolute Gasteiger partial charge is 0.352 e. The number of benzene rings is 1. The Morgan fingerprint density at radius 2 is 2.00 bits per heavy atom. The summed E-state index contributed by atoms with van der Waals surface area (Å²) >= 11 is 0. The molecule has 1 saturated heterocycles. The van der Waals surface area contributed by atoms with E-state index in [-0.39, 0.29) is 11.8 Å². The molecule has 2 N–H and O–H groups in total. The molecule has 1 aliphatic heterocycles. The van der Waals surface area contributed by atoms with Crippen LogP contribution in [0.2, 0.25) is 0 Å². The van der Waals surface area contributed by atoms with E-state index < -0.39 is 12.1 Å². The highest BCUT2D eigenvalue weighted by atomic mass is 16.2. The molecular formula is C18H25N3O3. The van der Waals surface area contributed by atoms with Crippen molar-refractivity contribution in [3.63, 3.8) is 0 Å². The van der Waals surface area contributed by atoms with Gasteiger partial charge in [0.05, 0.1) is 5.69 Å². The van der Waals surface area contributed by atoms with Crippen LogP contribution in [-0.2, 0) is 4.79 Å². The van der Waals surface area contributed by atoms with Crippen LogP contribution in [0.1, 0.15) is 55.5 Å². The van der Waals surface area contributed by atoms with Crippen LogP contribution < -0.4 is 15.5 Å². The Morgan fingerprint density at radius 3 is 2.67 bits per heavy atom. The molecule has 1 aromatic rings. The van der Waals surface area contributed by atoms with Gasteiger partial charge >= 0.3 is 6.03 Å². The minimum absolute atomic E-state index is 0.217. The fraction of sp³-hybridized carbons (Fsp3) is 0.500. The van der Waals surface area contributed by atoms with Crippen molar-refractivity contribution in [1.29, 1.82) is 0 Å². The molecule has 1 unspecified atom stereocenters. The smallest absolute Gasteiger partial charge is 0.329 e. The van der Waals surface area contributed by atoms with Crippen LogP contribution in [-0.4, -0.2) is 30.4 Å². The Morgan fingerprint density at radius 1 is 1.25 bits per heavy atom. The van der Waals surface area contributed by atoms with Crippen molar-refractivity contribution in [3.8, 4) is 0 Å². The molecule has 0 aliphatic carbocycles. The maximum absolute atomic E-state index is 12.6. The molecule has 6 heteroatoms. The average Bonchev–Trinajstić information content (AvgIpc) is 2.83. The van der Waals surface area contributed by atoms with Crippen LogP contribution in [0.25, 0.3) is 0 Å². The van der Waals surface area contributed by atoms with E-state index in [0.717, 1.165) is 29.7 Å². The number of nitrogens with one attached hydrogen (secondary N) is 2. The van der Waals surface area contributed by atoms with Crippen LogP contribution in [0.15, 0.2) is 18.2 Å². The van der Waals surface area contributed by atoms with Gasteiger partial charge in [-0.3, -0.25) is 9.59 Å². The van der Waals surface area contributed by atoms with Crippen molar-refractivity contribution >= 4 is 23.5 Å². The SMILES string of the molecule is CCCCCC1NC(=O)N(c2cc(C(=O)NCC)ccc2C)C1=O. The number of hydrogen-bond donors (Lipinski definition) is 2. The molecule has 130 valence electrons. The van der Waals surface area contributed by atoms with Gasteiger partial charge in [0.2, 0.25) is 0 Å². The first kappa shape index (κ1) is 18.0. The first-order valence-corrected chi connectivity index (χ1v) is 8.52. The van der Waals surface area contributed by atoms with Crippen molar-refractivity contribution in [3.05, 3.63) is 29.3 Å². The zero-order valence-electron chi connectivity index (χ0n) is 14.5. The summed E-state index contributed by atoms with van der Waals surface area (Å²) in [5.41, 5.74) is 1.69. The fourth-order valence-corrected chi connectivity index (χ4v) is 2.81. The summed E-state index contributed by atoms with van der Waals surface area (Å²) in [4.78, 5) is 38.1. The number of anilines is 1. The van der Waals surface area contributed by atoms with Crippen molar-refractivity contribution < 1.29 is 14.4 Å². The number of urea groups is 1. The lowest BCUT2D eigenvalue weighted by Crippen LogP contribution is -2.32. The molecule has 0 bridgehead atoms. The minimum atomic E-state index is -0.475. The van der Waals surface area contributed by atoms with Crippen LogP contribution in [0.4, 0.5) is 10.5 Å². The molecule has 1 aromatic carbocycles. The van der Waals surface area contributed by atoms with Crippen LogP contribution in [0.3, 0.4) is 0 Å². The summed E-state index contributed by atoms with van der Waals surface area (Å²) in [7, 11) is 0. The van der Waals surface area contributed by atoms with Crippen molar-refractivity contribution in [1.82, 2.24) is 10.6 Å². The molecule has 1 heterocycles. The zero-order valence-corrected chi connectivity index (χ0v) is 14.5. The van der Waals surface area contributed by atoms with E-state index >= 15 is 0 Å². The molecule has 0 aromatic heterocycles. The van der Waals surface area contributed by atoms with Gasteiger partial charge in [-0.1, -0.05) is 32.3 Å². The van der Waals surface area contributed by atoms with Crippen LogP contribution in [0.5, 0.6) is 0 Å². The van der Waals surface area contributed by atoms with E-state index in [1.165, 1.54) is 0 Å². The standard InChI is InChI=1S/C18H25N3O3/c1-4-6-7-8-14-17(23)21(18(24)20-14)15-11-13(10-9-12(15)3)16(22)19-5-2/h9-11,14H,4-8H2,1-3H3,(H,19,22)(H,20,24). The van der Waals surface area contributed by atoms with E-state index in [1.54, 1.807) is 18.2 Å². The summed E-state index contributed by atoms with van der Waals surface area (Å²) in [6.07, 6.45) is 3.64. The molecule has 1 aliphatic rings. The van der Waals surface area contributed by atoms with Gasteiger partial charge in [0, 0.05) is 12.1 Å². The van der Waals surface area contributed by atoms with Gasteiger partial charge in [0.1, 0.15) is 6.04 Å². The van der Waals surface area contributed by atoms with E-state index in [0.29, 0.717) is 24.2 Å². The lowest BCUT2D eigenvalue weighted by molar-refractivity contribution is -0.118. The predicted molar refractivity (Wildman–Crippen MR) is 93.1 cm³/mol. The molecule has 2 rings (SSSR count). The molecule has 4 amide bonds. The average molecular weight is 331 g/mol. The van der Waals surface area contributed by atoms with Crippen molar-refractivity contribution in [2.24, 2.45) is 0 Å². The third-order valence-corrected chi connectivity index (χ3v) is 4.17. The van der Waals surface area contributed by atoms with Gasteiger partial charge < -0.3 is 10.6 Å². The Bertz CT molecular complexity index is 642. The summed E-state index contributed by atoms with van der Waals surface area (Å²) in [5, 5.41) is 5.47. The first-order chi connectivity index (χ1) is 11.5. The Hall–Kier alpha value is -2.37. The normalized spacial score (nSPS) is 17.1. The summed E-state index contributed by atoms with van der Waals surface area (Å²) in [6.45, 7) is 6.27. The summed E-state index contributed by atoms with van der Waals surface area (Å²) < 4.78 is 0.